The van der Waals surface area contributed by atoms with E-state index in [0.29, 0.717) is 24.3 Å². The number of methoxy groups -OCH3 is 1. The molecule has 5 nitrogen and oxygen atoms in total. The molecule has 0 fully saturated rings. The molecule has 106 valence electrons. The number of carbonyl (C=O) groups is 1. The van der Waals surface area contributed by atoms with Gasteiger partial charge in [-0.1, -0.05) is 19.1 Å². The Morgan fingerprint density at radius 3 is 2.70 bits per heavy atom. The van der Waals surface area contributed by atoms with Crippen molar-refractivity contribution in [2.75, 3.05) is 13.7 Å². The summed E-state index contributed by atoms with van der Waals surface area (Å²) in [7, 11) is 1.61. The van der Waals surface area contributed by atoms with Gasteiger partial charge in [0.2, 0.25) is 0 Å². The summed E-state index contributed by atoms with van der Waals surface area (Å²) < 4.78 is 12.1. The molecule has 0 aliphatic carbocycles. The second-order valence-electron chi connectivity index (χ2n) is 4.16. The average molecular weight is 274 g/mol. The summed E-state index contributed by atoms with van der Waals surface area (Å²) in [5.41, 5.74) is 2.12. The quantitative estimate of drug-likeness (QED) is 0.786. The number of benzene rings is 1. The summed E-state index contributed by atoms with van der Waals surface area (Å²) in [6, 6.07) is 7.56. The van der Waals surface area contributed by atoms with Crippen LogP contribution in [0, 0.1) is 0 Å². The lowest BCUT2D eigenvalue weighted by atomic mass is 10.2. The van der Waals surface area contributed by atoms with Crippen LogP contribution in [0.25, 0.3) is 5.69 Å². The maximum Gasteiger partial charge on any atom is 0.341 e. The van der Waals surface area contributed by atoms with Crippen LogP contribution >= 0.6 is 0 Å². The predicted molar refractivity (Wildman–Crippen MR) is 75.5 cm³/mol. The zero-order valence-corrected chi connectivity index (χ0v) is 11.9. The molecule has 0 amide bonds. The van der Waals surface area contributed by atoms with Gasteiger partial charge in [0.1, 0.15) is 17.0 Å². The van der Waals surface area contributed by atoms with Crippen LogP contribution in [-0.2, 0) is 11.2 Å². The van der Waals surface area contributed by atoms with E-state index >= 15 is 0 Å². The molecule has 0 saturated carbocycles. The van der Waals surface area contributed by atoms with E-state index in [1.165, 1.54) is 0 Å². The number of hydrogen-bond donors (Lipinski definition) is 0. The number of para-hydroxylation sites is 2. The summed E-state index contributed by atoms with van der Waals surface area (Å²) in [6.07, 6.45) is 2.22. The van der Waals surface area contributed by atoms with E-state index < -0.39 is 0 Å². The van der Waals surface area contributed by atoms with Crippen LogP contribution < -0.4 is 4.74 Å². The summed E-state index contributed by atoms with van der Waals surface area (Å²) in [6.45, 7) is 4.11. The lowest BCUT2D eigenvalue weighted by molar-refractivity contribution is 0.0525. The van der Waals surface area contributed by atoms with E-state index in [4.69, 9.17) is 9.47 Å². The maximum atomic E-state index is 11.9. The van der Waals surface area contributed by atoms with Gasteiger partial charge in [-0.25, -0.2) is 9.48 Å². The van der Waals surface area contributed by atoms with Crippen molar-refractivity contribution in [3.05, 3.63) is 41.7 Å². The van der Waals surface area contributed by atoms with Gasteiger partial charge in [-0.05, 0) is 25.5 Å². The molecule has 1 aromatic carbocycles. The lowest BCUT2D eigenvalue weighted by Gasteiger charge is -2.11. The standard InChI is InChI=1S/C15H18N2O3/c1-4-12-11(15(18)20-5-2)10-16-17(12)13-8-6-7-9-14(13)19-3/h6-10H,4-5H2,1-3H3. The molecule has 1 aromatic heterocycles. The highest BCUT2D eigenvalue weighted by molar-refractivity contribution is 5.90. The van der Waals surface area contributed by atoms with Crippen molar-refractivity contribution < 1.29 is 14.3 Å². The van der Waals surface area contributed by atoms with E-state index in [-0.39, 0.29) is 5.97 Å². The van der Waals surface area contributed by atoms with Gasteiger partial charge in [-0.2, -0.15) is 5.10 Å². The highest BCUT2D eigenvalue weighted by Crippen LogP contribution is 2.24. The average Bonchev–Trinajstić information content (AvgIpc) is 2.91. The second-order valence-corrected chi connectivity index (χ2v) is 4.16. The first-order valence-electron chi connectivity index (χ1n) is 6.60. The normalized spacial score (nSPS) is 10.3. The van der Waals surface area contributed by atoms with Crippen molar-refractivity contribution in [1.29, 1.82) is 0 Å². The van der Waals surface area contributed by atoms with Crippen LogP contribution in [0.2, 0.25) is 0 Å². The number of hydrogen-bond acceptors (Lipinski definition) is 4. The minimum absolute atomic E-state index is 0.342. The van der Waals surface area contributed by atoms with Gasteiger partial charge in [-0.3, -0.25) is 0 Å². The molecule has 2 aromatic rings. The summed E-state index contributed by atoms with van der Waals surface area (Å²) in [5, 5.41) is 4.30. The highest BCUT2D eigenvalue weighted by atomic mass is 16.5. The first kappa shape index (κ1) is 14.1. The van der Waals surface area contributed by atoms with Crippen LogP contribution in [0.3, 0.4) is 0 Å². The Morgan fingerprint density at radius 1 is 1.30 bits per heavy atom. The second kappa shape index (κ2) is 6.23. The lowest BCUT2D eigenvalue weighted by Crippen LogP contribution is -2.09. The third-order valence-electron chi connectivity index (χ3n) is 3.01. The molecule has 0 unspecified atom stereocenters. The molecule has 0 bridgehead atoms. The Kier molecular flexibility index (Phi) is 4.40. The zero-order valence-electron chi connectivity index (χ0n) is 11.9. The molecule has 0 N–H and O–H groups in total. The summed E-state index contributed by atoms with van der Waals surface area (Å²) >= 11 is 0. The molecule has 0 atom stereocenters. The zero-order chi connectivity index (χ0) is 14.5. The third kappa shape index (κ3) is 2.52. The molecule has 0 aliphatic heterocycles. The molecule has 5 heteroatoms. The van der Waals surface area contributed by atoms with Crippen molar-refractivity contribution >= 4 is 5.97 Å². The highest BCUT2D eigenvalue weighted by Gasteiger charge is 2.19. The fourth-order valence-corrected chi connectivity index (χ4v) is 2.11. The van der Waals surface area contributed by atoms with E-state index in [9.17, 15) is 4.79 Å². The van der Waals surface area contributed by atoms with E-state index in [2.05, 4.69) is 5.10 Å². The Labute approximate surface area is 118 Å². The van der Waals surface area contributed by atoms with E-state index in [1.54, 1.807) is 24.9 Å². The first-order chi connectivity index (χ1) is 9.72. The topological polar surface area (TPSA) is 53.3 Å². The van der Waals surface area contributed by atoms with Gasteiger partial charge in [0.25, 0.3) is 0 Å². The van der Waals surface area contributed by atoms with Gasteiger partial charge in [0.05, 0.1) is 25.6 Å². The third-order valence-corrected chi connectivity index (χ3v) is 3.01. The summed E-state index contributed by atoms with van der Waals surface area (Å²) in [4.78, 5) is 11.9. The molecule has 20 heavy (non-hydrogen) atoms. The number of aromatic nitrogens is 2. The molecule has 1 heterocycles. The number of rotatable bonds is 5. The fraction of sp³-hybridized carbons (Fsp3) is 0.333. The Morgan fingerprint density at radius 2 is 2.05 bits per heavy atom. The van der Waals surface area contributed by atoms with E-state index in [1.807, 2.05) is 31.2 Å². The van der Waals surface area contributed by atoms with Gasteiger partial charge in [0.15, 0.2) is 0 Å². The van der Waals surface area contributed by atoms with Gasteiger partial charge >= 0.3 is 5.97 Å². The predicted octanol–water partition coefficient (Wildman–Crippen LogP) is 2.62. The minimum Gasteiger partial charge on any atom is -0.494 e. The molecule has 0 spiro atoms. The molecular formula is C15H18N2O3. The number of ether oxygens (including phenoxy) is 2. The minimum atomic E-state index is -0.342. The monoisotopic (exact) mass is 274 g/mol. The Balaban J connectivity index is 2.50. The van der Waals surface area contributed by atoms with Crippen molar-refractivity contribution in [1.82, 2.24) is 9.78 Å². The maximum absolute atomic E-state index is 11.9. The van der Waals surface area contributed by atoms with Crippen molar-refractivity contribution in [3.63, 3.8) is 0 Å². The smallest absolute Gasteiger partial charge is 0.341 e. The van der Waals surface area contributed by atoms with Gasteiger partial charge in [0, 0.05) is 0 Å². The van der Waals surface area contributed by atoms with Gasteiger partial charge in [-0.15, -0.1) is 0 Å². The Bertz CT molecular complexity index is 605. The van der Waals surface area contributed by atoms with Crippen LogP contribution in [0.1, 0.15) is 29.9 Å². The van der Waals surface area contributed by atoms with Crippen LogP contribution in [0.4, 0.5) is 0 Å². The SMILES string of the molecule is CCOC(=O)c1cnn(-c2ccccc2OC)c1CC. The molecular weight excluding hydrogens is 256 g/mol. The van der Waals surface area contributed by atoms with Crippen LogP contribution in [0.15, 0.2) is 30.5 Å². The molecule has 0 saturated heterocycles. The van der Waals surface area contributed by atoms with Crippen molar-refractivity contribution in [2.24, 2.45) is 0 Å². The largest absolute Gasteiger partial charge is 0.494 e. The molecule has 2 rings (SSSR count). The summed E-state index contributed by atoms with van der Waals surface area (Å²) in [5.74, 6) is 0.367. The van der Waals surface area contributed by atoms with Gasteiger partial charge < -0.3 is 9.47 Å². The van der Waals surface area contributed by atoms with Crippen molar-refractivity contribution in [2.45, 2.75) is 20.3 Å². The van der Waals surface area contributed by atoms with Crippen LogP contribution in [0.5, 0.6) is 5.75 Å². The molecule has 0 radical (unpaired) electrons. The number of nitrogens with zero attached hydrogens (tertiary/aromatic N) is 2. The van der Waals surface area contributed by atoms with Crippen molar-refractivity contribution in [3.8, 4) is 11.4 Å². The Hall–Kier alpha value is -2.30. The number of esters is 1. The molecule has 0 aliphatic rings. The number of carbonyl (C=O) groups excluding carboxylic acids is 1. The first-order valence-corrected chi connectivity index (χ1v) is 6.60. The fourth-order valence-electron chi connectivity index (χ4n) is 2.11. The van der Waals surface area contributed by atoms with Crippen LogP contribution in [-0.4, -0.2) is 29.5 Å². The van der Waals surface area contributed by atoms with E-state index in [0.717, 1.165) is 11.4 Å².